The first kappa shape index (κ1) is 17.6. The van der Waals surface area contributed by atoms with Crippen molar-refractivity contribution in [2.45, 2.75) is 26.3 Å². The zero-order valence-electron chi connectivity index (χ0n) is 14.7. The minimum atomic E-state index is -0.00826. The molecule has 1 heterocycles. The lowest BCUT2D eigenvalue weighted by molar-refractivity contribution is 0.202. The van der Waals surface area contributed by atoms with Crippen molar-refractivity contribution in [1.82, 2.24) is 15.1 Å². The van der Waals surface area contributed by atoms with Gasteiger partial charge in [0.1, 0.15) is 5.75 Å². The first-order valence-corrected chi connectivity index (χ1v) is 8.42. The number of amides is 2. The van der Waals surface area contributed by atoms with Crippen LogP contribution in [0.2, 0.25) is 0 Å². The highest BCUT2D eigenvalue weighted by atomic mass is 16.5. The van der Waals surface area contributed by atoms with Gasteiger partial charge in [-0.05, 0) is 58.0 Å². The topological polar surface area (TPSA) is 44.8 Å². The summed E-state index contributed by atoms with van der Waals surface area (Å²) in [5.74, 6) is 1.44. The molecule has 0 aromatic heterocycles. The summed E-state index contributed by atoms with van der Waals surface area (Å²) >= 11 is 0. The second kappa shape index (κ2) is 8.20. The number of carbonyl (C=O) groups is 1. The Morgan fingerprint density at radius 1 is 1.39 bits per heavy atom. The Morgan fingerprint density at radius 3 is 2.70 bits per heavy atom. The van der Waals surface area contributed by atoms with E-state index < -0.39 is 0 Å². The number of carbonyl (C=O) groups excluding carboxylic acids is 1. The molecule has 1 aromatic rings. The zero-order valence-corrected chi connectivity index (χ0v) is 14.7. The van der Waals surface area contributed by atoms with Crippen molar-refractivity contribution in [3.63, 3.8) is 0 Å². The third kappa shape index (κ3) is 5.13. The van der Waals surface area contributed by atoms with Crippen molar-refractivity contribution < 1.29 is 9.53 Å². The Labute approximate surface area is 139 Å². The summed E-state index contributed by atoms with van der Waals surface area (Å²) in [4.78, 5) is 16.5. The van der Waals surface area contributed by atoms with E-state index in [9.17, 15) is 4.79 Å². The lowest BCUT2D eigenvalue weighted by Gasteiger charge is -2.22. The lowest BCUT2D eigenvalue weighted by Crippen LogP contribution is -2.40. The van der Waals surface area contributed by atoms with Crippen LogP contribution in [0.15, 0.2) is 24.3 Å². The monoisotopic (exact) mass is 319 g/mol. The molecule has 2 rings (SSSR count). The summed E-state index contributed by atoms with van der Waals surface area (Å²) in [5, 5.41) is 3.10. The van der Waals surface area contributed by atoms with Crippen molar-refractivity contribution in [1.29, 1.82) is 0 Å². The van der Waals surface area contributed by atoms with Crippen LogP contribution in [0.1, 0.15) is 31.9 Å². The molecule has 5 heteroatoms. The summed E-state index contributed by atoms with van der Waals surface area (Å²) in [6.07, 6.45) is 1.09. The van der Waals surface area contributed by atoms with Crippen LogP contribution in [0.4, 0.5) is 4.79 Å². The quantitative estimate of drug-likeness (QED) is 0.877. The van der Waals surface area contributed by atoms with Gasteiger partial charge >= 0.3 is 6.03 Å². The summed E-state index contributed by atoms with van der Waals surface area (Å²) in [6.45, 7) is 7.38. The van der Waals surface area contributed by atoms with Gasteiger partial charge in [0, 0.05) is 19.6 Å². The summed E-state index contributed by atoms with van der Waals surface area (Å²) < 4.78 is 5.45. The molecule has 0 saturated carbocycles. The minimum absolute atomic E-state index is 0.00826. The van der Waals surface area contributed by atoms with E-state index in [4.69, 9.17) is 4.74 Å². The van der Waals surface area contributed by atoms with Crippen molar-refractivity contribution >= 4 is 6.03 Å². The molecular formula is C18H29N3O2. The molecule has 0 radical (unpaired) electrons. The van der Waals surface area contributed by atoms with E-state index in [1.54, 1.807) is 0 Å². The first-order valence-electron chi connectivity index (χ1n) is 8.42. The molecule has 1 aliphatic heterocycles. The van der Waals surface area contributed by atoms with Crippen LogP contribution in [0.5, 0.6) is 5.75 Å². The SMILES string of the molecule is CCOc1ccc([C@H](C)NC(=O)N2CC[C@@H](CN(C)C)C2)cc1. The lowest BCUT2D eigenvalue weighted by atomic mass is 10.1. The van der Waals surface area contributed by atoms with Crippen LogP contribution in [0.25, 0.3) is 0 Å². The highest BCUT2D eigenvalue weighted by Gasteiger charge is 2.27. The molecule has 1 N–H and O–H groups in total. The van der Waals surface area contributed by atoms with Gasteiger partial charge in [0.2, 0.25) is 0 Å². The van der Waals surface area contributed by atoms with Crippen LogP contribution in [0.3, 0.4) is 0 Å². The van der Waals surface area contributed by atoms with Crippen molar-refractivity contribution in [2.75, 3.05) is 40.3 Å². The predicted octanol–water partition coefficient (Wildman–Crippen LogP) is 2.74. The molecule has 1 fully saturated rings. The predicted molar refractivity (Wildman–Crippen MR) is 92.8 cm³/mol. The Hall–Kier alpha value is -1.75. The van der Waals surface area contributed by atoms with Crippen LogP contribution < -0.4 is 10.1 Å². The number of nitrogens with one attached hydrogen (secondary N) is 1. The second-order valence-corrected chi connectivity index (χ2v) is 6.54. The fraction of sp³-hybridized carbons (Fsp3) is 0.611. The summed E-state index contributed by atoms with van der Waals surface area (Å²) in [5.41, 5.74) is 1.09. The van der Waals surface area contributed by atoms with Crippen molar-refractivity contribution in [2.24, 2.45) is 5.92 Å². The maximum Gasteiger partial charge on any atom is 0.317 e. The number of benzene rings is 1. The van der Waals surface area contributed by atoms with Crippen molar-refractivity contribution in [3.05, 3.63) is 29.8 Å². The molecular weight excluding hydrogens is 290 g/mol. The van der Waals surface area contributed by atoms with E-state index in [-0.39, 0.29) is 12.1 Å². The van der Waals surface area contributed by atoms with E-state index in [1.165, 1.54) is 0 Å². The number of urea groups is 1. The fourth-order valence-electron chi connectivity index (χ4n) is 3.06. The van der Waals surface area contributed by atoms with Crippen LogP contribution in [-0.4, -0.2) is 56.2 Å². The third-order valence-electron chi connectivity index (χ3n) is 4.23. The van der Waals surface area contributed by atoms with Gasteiger partial charge in [-0.1, -0.05) is 12.1 Å². The Bertz CT molecular complexity index is 501. The minimum Gasteiger partial charge on any atom is -0.494 e. The van der Waals surface area contributed by atoms with Crippen LogP contribution in [-0.2, 0) is 0 Å². The number of hydrogen-bond donors (Lipinski definition) is 1. The molecule has 0 unspecified atom stereocenters. The van der Waals surface area contributed by atoms with Gasteiger partial charge in [0.15, 0.2) is 0 Å². The molecule has 0 spiro atoms. The van der Waals surface area contributed by atoms with Gasteiger partial charge in [0.05, 0.1) is 12.6 Å². The highest BCUT2D eigenvalue weighted by molar-refractivity contribution is 5.75. The molecule has 0 aliphatic carbocycles. The van der Waals surface area contributed by atoms with Gasteiger partial charge in [-0.25, -0.2) is 4.79 Å². The van der Waals surface area contributed by atoms with E-state index >= 15 is 0 Å². The molecule has 1 aliphatic rings. The van der Waals surface area contributed by atoms with Gasteiger partial charge < -0.3 is 19.9 Å². The Kier molecular flexibility index (Phi) is 6.28. The molecule has 23 heavy (non-hydrogen) atoms. The smallest absolute Gasteiger partial charge is 0.317 e. The Morgan fingerprint density at radius 2 is 2.09 bits per heavy atom. The molecule has 1 aromatic carbocycles. The molecule has 2 amide bonds. The van der Waals surface area contributed by atoms with Gasteiger partial charge in [-0.2, -0.15) is 0 Å². The van der Waals surface area contributed by atoms with Crippen LogP contribution >= 0.6 is 0 Å². The van der Waals surface area contributed by atoms with E-state index in [0.29, 0.717) is 12.5 Å². The zero-order chi connectivity index (χ0) is 16.8. The number of hydrogen-bond acceptors (Lipinski definition) is 3. The molecule has 1 saturated heterocycles. The number of nitrogens with zero attached hydrogens (tertiary/aromatic N) is 2. The number of rotatable bonds is 6. The van der Waals surface area contributed by atoms with E-state index in [1.807, 2.05) is 43.0 Å². The number of ether oxygens (including phenoxy) is 1. The summed E-state index contributed by atoms with van der Waals surface area (Å²) in [7, 11) is 4.16. The average Bonchev–Trinajstić information content (AvgIpc) is 2.96. The number of likely N-dealkylation sites (tertiary alicyclic amines) is 1. The third-order valence-corrected chi connectivity index (χ3v) is 4.23. The molecule has 128 valence electrons. The second-order valence-electron chi connectivity index (χ2n) is 6.54. The molecule has 0 bridgehead atoms. The normalized spacial score (nSPS) is 19.0. The molecule has 5 nitrogen and oxygen atoms in total. The first-order chi connectivity index (χ1) is 11.0. The van der Waals surface area contributed by atoms with E-state index in [0.717, 1.165) is 37.4 Å². The van der Waals surface area contributed by atoms with Gasteiger partial charge in [-0.3, -0.25) is 0 Å². The fourth-order valence-corrected chi connectivity index (χ4v) is 3.06. The maximum atomic E-state index is 12.4. The Balaban J connectivity index is 1.85. The van der Waals surface area contributed by atoms with Crippen molar-refractivity contribution in [3.8, 4) is 5.75 Å². The molecule has 2 atom stereocenters. The van der Waals surface area contributed by atoms with Gasteiger partial charge in [-0.15, -0.1) is 0 Å². The highest BCUT2D eigenvalue weighted by Crippen LogP contribution is 2.20. The van der Waals surface area contributed by atoms with Crippen LogP contribution in [0, 0.1) is 5.92 Å². The standard InChI is InChI=1S/C18H29N3O2/c1-5-23-17-8-6-16(7-9-17)14(2)19-18(22)21-11-10-15(13-21)12-20(3)4/h6-9,14-15H,5,10-13H2,1-4H3,(H,19,22)/t14-,15-/m0/s1. The average molecular weight is 319 g/mol. The summed E-state index contributed by atoms with van der Waals surface area (Å²) in [6, 6.07) is 7.94. The van der Waals surface area contributed by atoms with E-state index in [2.05, 4.69) is 24.3 Å². The maximum absolute atomic E-state index is 12.4. The van der Waals surface area contributed by atoms with Gasteiger partial charge in [0.25, 0.3) is 0 Å². The largest absolute Gasteiger partial charge is 0.494 e.